The van der Waals surface area contributed by atoms with Crippen molar-refractivity contribution in [3.8, 4) is 0 Å². The van der Waals surface area contributed by atoms with Crippen LogP contribution in [0.15, 0.2) is 23.1 Å². The van der Waals surface area contributed by atoms with Crippen molar-refractivity contribution in [3.05, 3.63) is 28.2 Å². The summed E-state index contributed by atoms with van der Waals surface area (Å²) in [6, 6.07) is 5.24. The summed E-state index contributed by atoms with van der Waals surface area (Å²) in [6.07, 6.45) is 2.79. The molecule has 0 fully saturated rings. The molecule has 0 N–H and O–H groups in total. The molecule has 0 aromatic heterocycles. The molecule has 1 rings (SSSR count). The third-order valence-corrected chi connectivity index (χ3v) is 4.43. The highest BCUT2D eigenvalue weighted by Crippen LogP contribution is 2.34. The lowest BCUT2D eigenvalue weighted by atomic mass is 10.2. The second-order valence-corrected chi connectivity index (χ2v) is 5.93. The van der Waals surface area contributed by atoms with E-state index in [0.717, 1.165) is 24.2 Å². The van der Waals surface area contributed by atoms with E-state index in [-0.39, 0.29) is 11.2 Å². The third-order valence-electron chi connectivity index (χ3n) is 2.45. The Morgan fingerprint density at radius 3 is 2.78 bits per heavy atom. The van der Waals surface area contributed by atoms with Crippen LogP contribution >= 0.6 is 35.0 Å². The molecular formula is C13H16Cl2O2S. The Bertz CT molecular complexity index is 410. The molecule has 1 aromatic carbocycles. The van der Waals surface area contributed by atoms with Crippen molar-refractivity contribution in [3.63, 3.8) is 0 Å². The van der Waals surface area contributed by atoms with Crippen LogP contribution in [0.1, 0.15) is 26.2 Å². The minimum Gasteiger partial charge on any atom is -0.468 e. The fraction of sp³-hybridized carbons (Fsp3) is 0.462. The van der Waals surface area contributed by atoms with Gasteiger partial charge in [0.1, 0.15) is 5.25 Å². The van der Waals surface area contributed by atoms with Gasteiger partial charge in [-0.15, -0.1) is 11.8 Å². The van der Waals surface area contributed by atoms with Crippen LogP contribution in [0.5, 0.6) is 0 Å². The molecule has 0 aliphatic rings. The lowest BCUT2D eigenvalue weighted by Crippen LogP contribution is -2.18. The molecule has 0 radical (unpaired) electrons. The van der Waals surface area contributed by atoms with Gasteiger partial charge < -0.3 is 4.74 Å². The van der Waals surface area contributed by atoms with Gasteiger partial charge in [-0.1, -0.05) is 43.0 Å². The second-order valence-electron chi connectivity index (χ2n) is 3.85. The zero-order valence-corrected chi connectivity index (χ0v) is 12.7. The molecule has 0 bridgehead atoms. The van der Waals surface area contributed by atoms with E-state index in [2.05, 4.69) is 6.92 Å². The second kappa shape index (κ2) is 7.93. The van der Waals surface area contributed by atoms with Crippen molar-refractivity contribution < 1.29 is 9.53 Å². The number of methoxy groups -OCH3 is 1. The number of ether oxygens (including phenoxy) is 1. The van der Waals surface area contributed by atoms with Crippen LogP contribution in [0.2, 0.25) is 10.0 Å². The van der Waals surface area contributed by atoms with E-state index in [0.29, 0.717) is 10.0 Å². The summed E-state index contributed by atoms with van der Waals surface area (Å²) < 4.78 is 4.82. The van der Waals surface area contributed by atoms with Crippen LogP contribution in [0.3, 0.4) is 0 Å². The number of benzene rings is 1. The Hall–Kier alpha value is -0.380. The van der Waals surface area contributed by atoms with Gasteiger partial charge in [0.05, 0.1) is 12.1 Å². The molecule has 0 spiro atoms. The topological polar surface area (TPSA) is 26.3 Å². The van der Waals surface area contributed by atoms with E-state index in [1.807, 2.05) is 0 Å². The zero-order chi connectivity index (χ0) is 13.5. The number of esters is 1. The minimum atomic E-state index is -0.231. The van der Waals surface area contributed by atoms with Gasteiger partial charge in [-0.25, -0.2) is 0 Å². The van der Waals surface area contributed by atoms with Crippen LogP contribution < -0.4 is 0 Å². The van der Waals surface area contributed by atoms with Gasteiger partial charge in [-0.3, -0.25) is 4.79 Å². The maximum atomic E-state index is 11.7. The van der Waals surface area contributed by atoms with Crippen molar-refractivity contribution in [2.45, 2.75) is 36.3 Å². The molecule has 0 saturated heterocycles. The Morgan fingerprint density at radius 1 is 1.44 bits per heavy atom. The predicted molar refractivity (Wildman–Crippen MR) is 77.6 cm³/mol. The fourth-order valence-electron chi connectivity index (χ4n) is 1.47. The van der Waals surface area contributed by atoms with Gasteiger partial charge in [0.2, 0.25) is 0 Å². The maximum absolute atomic E-state index is 11.7. The van der Waals surface area contributed by atoms with Gasteiger partial charge >= 0.3 is 5.97 Å². The standard InChI is InChI=1S/C13H16Cl2O2S/c1-3-4-5-11(13(16)17-2)18-12-8-9(14)6-7-10(12)15/h6-8,11H,3-5H2,1-2H3. The molecule has 2 nitrogen and oxygen atoms in total. The van der Waals surface area contributed by atoms with E-state index in [4.69, 9.17) is 27.9 Å². The lowest BCUT2D eigenvalue weighted by molar-refractivity contribution is -0.140. The zero-order valence-electron chi connectivity index (χ0n) is 10.4. The predicted octanol–water partition coefficient (Wildman–Crippen LogP) is 4.82. The molecular weight excluding hydrogens is 291 g/mol. The molecule has 0 aliphatic heterocycles. The van der Waals surface area contributed by atoms with Gasteiger partial charge in [0, 0.05) is 9.92 Å². The minimum absolute atomic E-state index is 0.218. The highest BCUT2D eigenvalue weighted by atomic mass is 35.5. The van der Waals surface area contributed by atoms with Crippen molar-refractivity contribution in [2.24, 2.45) is 0 Å². The smallest absolute Gasteiger partial charge is 0.319 e. The van der Waals surface area contributed by atoms with Gasteiger partial charge in [-0.2, -0.15) is 0 Å². The summed E-state index contributed by atoms with van der Waals surface area (Å²) in [5.41, 5.74) is 0. The fourth-order valence-corrected chi connectivity index (χ4v) is 3.11. The summed E-state index contributed by atoms with van der Waals surface area (Å²) in [4.78, 5) is 12.5. The molecule has 0 aliphatic carbocycles. The largest absolute Gasteiger partial charge is 0.468 e. The normalized spacial score (nSPS) is 12.2. The first-order chi connectivity index (χ1) is 8.58. The summed E-state index contributed by atoms with van der Waals surface area (Å²) in [7, 11) is 1.40. The molecule has 100 valence electrons. The number of hydrogen-bond donors (Lipinski definition) is 0. The SMILES string of the molecule is CCCCC(Sc1cc(Cl)ccc1Cl)C(=O)OC. The molecule has 0 heterocycles. The van der Waals surface area contributed by atoms with Crippen LogP contribution in [0.25, 0.3) is 0 Å². The number of thioether (sulfide) groups is 1. The summed E-state index contributed by atoms with van der Waals surface area (Å²) in [6.45, 7) is 2.09. The van der Waals surface area contributed by atoms with Gasteiger partial charge in [0.25, 0.3) is 0 Å². The number of carbonyl (C=O) groups is 1. The van der Waals surface area contributed by atoms with Gasteiger partial charge in [-0.05, 0) is 24.6 Å². The summed E-state index contributed by atoms with van der Waals surface area (Å²) >= 11 is 13.4. The van der Waals surface area contributed by atoms with Crippen LogP contribution in [0.4, 0.5) is 0 Å². The molecule has 0 saturated carbocycles. The molecule has 1 aromatic rings. The first-order valence-corrected chi connectivity index (χ1v) is 7.41. The average Bonchev–Trinajstić information content (AvgIpc) is 2.37. The molecule has 1 atom stereocenters. The quantitative estimate of drug-likeness (QED) is 0.557. The van der Waals surface area contributed by atoms with E-state index >= 15 is 0 Å². The number of carbonyl (C=O) groups excluding carboxylic acids is 1. The number of hydrogen-bond acceptors (Lipinski definition) is 3. The molecule has 5 heteroatoms. The highest BCUT2D eigenvalue weighted by Gasteiger charge is 2.21. The number of unbranched alkanes of at least 4 members (excludes halogenated alkanes) is 1. The Balaban J connectivity index is 2.81. The number of rotatable bonds is 6. The Kier molecular flexibility index (Phi) is 6.90. The van der Waals surface area contributed by atoms with E-state index in [9.17, 15) is 4.79 Å². The molecule has 18 heavy (non-hydrogen) atoms. The summed E-state index contributed by atoms with van der Waals surface area (Å²) in [5, 5.41) is 0.988. The van der Waals surface area contributed by atoms with E-state index in [1.165, 1.54) is 18.9 Å². The average molecular weight is 307 g/mol. The summed E-state index contributed by atoms with van der Waals surface area (Å²) in [5.74, 6) is -0.218. The van der Waals surface area contributed by atoms with Crippen LogP contribution in [0, 0.1) is 0 Å². The van der Waals surface area contributed by atoms with Crippen LogP contribution in [-0.4, -0.2) is 18.3 Å². The molecule has 1 unspecified atom stereocenters. The number of halogens is 2. The van der Waals surface area contributed by atoms with Gasteiger partial charge in [0.15, 0.2) is 0 Å². The van der Waals surface area contributed by atoms with Crippen molar-refractivity contribution in [1.82, 2.24) is 0 Å². The van der Waals surface area contributed by atoms with E-state index in [1.54, 1.807) is 18.2 Å². The highest BCUT2D eigenvalue weighted by molar-refractivity contribution is 8.00. The Labute approximate surface area is 122 Å². The maximum Gasteiger partial charge on any atom is 0.319 e. The van der Waals surface area contributed by atoms with Crippen molar-refractivity contribution >= 4 is 40.9 Å². The third kappa shape index (κ3) is 4.71. The first-order valence-electron chi connectivity index (χ1n) is 5.78. The Morgan fingerprint density at radius 2 is 2.17 bits per heavy atom. The van der Waals surface area contributed by atoms with E-state index < -0.39 is 0 Å². The lowest BCUT2D eigenvalue weighted by Gasteiger charge is -2.14. The monoisotopic (exact) mass is 306 g/mol. The van der Waals surface area contributed by atoms with Crippen molar-refractivity contribution in [1.29, 1.82) is 0 Å². The first kappa shape index (κ1) is 15.7. The molecule has 0 amide bonds. The van der Waals surface area contributed by atoms with Crippen molar-refractivity contribution in [2.75, 3.05) is 7.11 Å². The van der Waals surface area contributed by atoms with Crippen LogP contribution in [-0.2, 0) is 9.53 Å².